The van der Waals surface area contributed by atoms with Crippen LogP contribution in [-0.4, -0.2) is 65.6 Å². The third kappa shape index (κ3) is 96.8. The molecule has 44 valence electrons. The number of rotatable bonds is 0. The molecule has 0 fully saturated rings. The fraction of sp³-hybridized carbons (Fsp3) is 0. The number of hydrogen-bond acceptors (Lipinski definition) is 1. The van der Waals surface area contributed by atoms with E-state index >= 15 is 0 Å². The molecule has 0 amide bonds. The Morgan fingerprint density at radius 2 is 1.14 bits per heavy atom. The van der Waals surface area contributed by atoms with Gasteiger partial charge in [0.2, 0.25) is 0 Å². The summed E-state index contributed by atoms with van der Waals surface area (Å²) in [7, 11) is -4.64. The van der Waals surface area contributed by atoms with Gasteiger partial charge in [0.05, 0.1) is 0 Å². The first-order valence-corrected chi connectivity index (χ1v) is 2.35. The van der Waals surface area contributed by atoms with Crippen molar-refractivity contribution in [3.8, 4) is 0 Å². The van der Waals surface area contributed by atoms with Crippen molar-refractivity contribution in [2.45, 2.75) is 0 Å². The van der Waals surface area contributed by atoms with Gasteiger partial charge >= 0.3 is 53.3 Å². The van der Waals surface area contributed by atoms with Crippen molar-refractivity contribution in [1.82, 2.24) is 0 Å². The van der Waals surface area contributed by atoms with Gasteiger partial charge in [0, 0.05) is 0 Å². The Morgan fingerprint density at radius 3 is 1.14 bits per heavy atom. The molecule has 0 bridgehead atoms. The van der Waals surface area contributed by atoms with Gasteiger partial charge in [-0.2, -0.15) is 0 Å². The summed E-state index contributed by atoms with van der Waals surface area (Å²) in [5, 5.41) is 0. The Labute approximate surface area is 77.2 Å². The summed E-state index contributed by atoms with van der Waals surface area (Å²) in [6.07, 6.45) is 0. The summed E-state index contributed by atoms with van der Waals surface area (Å²) in [4.78, 5) is 21.6. The Morgan fingerprint density at radius 1 is 1.14 bits per heavy atom. The second-order valence-corrected chi connectivity index (χ2v) is 1.54. The Bertz CT molecular complexity index is 54.2. The van der Waals surface area contributed by atoms with E-state index in [4.69, 9.17) is 19.2 Å². The fourth-order valence-electron chi connectivity index (χ4n) is 0. The minimum absolute atomic E-state index is 0. The van der Waals surface area contributed by atoms with Crippen molar-refractivity contribution >= 4 is 53.3 Å². The molecule has 0 spiro atoms. The molecule has 7 heavy (non-hydrogen) atoms. The average molecular weight is 206 g/mol. The topological polar surface area (TPSA) is 109 Å². The van der Waals surface area contributed by atoms with Crippen molar-refractivity contribution in [2.24, 2.45) is 0 Å². The van der Waals surface area contributed by atoms with Crippen LogP contribution >= 0.6 is 7.82 Å². The average Bonchev–Trinajstić information content (AvgIpc) is 0.722. The predicted octanol–water partition coefficient (Wildman–Crippen LogP) is -2.67. The maximum atomic E-state index is 8.88. The van der Waals surface area contributed by atoms with Gasteiger partial charge in [0.15, 0.2) is 0 Å². The molecule has 0 unspecified atom stereocenters. The van der Waals surface area contributed by atoms with Crippen molar-refractivity contribution < 1.29 is 24.7 Å². The van der Waals surface area contributed by atoms with Gasteiger partial charge in [-0.25, -0.2) is 4.57 Å². The molecule has 5 N–H and O–H groups in total. The molecule has 0 aromatic heterocycles. The first-order chi connectivity index (χ1) is 2.00. The second-order valence-electron chi connectivity index (χ2n) is 0.513. The molecule has 0 aromatic rings. The van der Waals surface area contributed by atoms with Crippen LogP contribution in [0.1, 0.15) is 0 Å². The summed E-state index contributed by atoms with van der Waals surface area (Å²) in [5.74, 6) is 0. The van der Waals surface area contributed by atoms with Crippen molar-refractivity contribution in [3.63, 3.8) is 0 Å². The summed E-state index contributed by atoms with van der Waals surface area (Å²) >= 11 is 0. The molecule has 0 heterocycles. The summed E-state index contributed by atoms with van der Waals surface area (Å²) < 4.78 is 8.88. The summed E-state index contributed by atoms with van der Waals surface area (Å²) in [6.45, 7) is 0. The molecule has 5 nitrogen and oxygen atoms in total. The molecule has 0 aromatic carbocycles. The molecule has 0 aliphatic carbocycles. The van der Waals surface area contributed by atoms with E-state index in [0.717, 1.165) is 0 Å². The third-order valence-corrected chi connectivity index (χ3v) is 0. The van der Waals surface area contributed by atoms with Crippen LogP contribution in [0.2, 0.25) is 0 Å². The summed E-state index contributed by atoms with van der Waals surface area (Å²) in [5.41, 5.74) is 0. The monoisotopic (exact) mass is 206 g/mol. The molecule has 7 heteroatoms. The second kappa shape index (κ2) is 5.68. The predicted molar refractivity (Wildman–Crippen MR) is 26.4 cm³/mol. The molecule has 0 rings (SSSR count). The van der Waals surface area contributed by atoms with Crippen LogP contribution in [0.15, 0.2) is 0 Å². The van der Waals surface area contributed by atoms with E-state index < -0.39 is 7.82 Å². The van der Waals surface area contributed by atoms with E-state index in [1.165, 1.54) is 0 Å². The molecular formula is H7O5PSr. The van der Waals surface area contributed by atoms with E-state index in [2.05, 4.69) is 0 Å². The molecule has 0 saturated carbocycles. The fourth-order valence-corrected chi connectivity index (χ4v) is 0. The van der Waals surface area contributed by atoms with Gasteiger partial charge in [-0.15, -0.1) is 0 Å². The van der Waals surface area contributed by atoms with Crippen LogP contribution < -0.4 is 0 Å². The van der Waals surface area contributed by atoms with Gasteiger partial charge < -0.3 is 20.2 Å². The van der Waals surface area contributed by atoms with E-state index in [1.54, 1.807) is 0 Å². The van der Waals surface area contributed by atoms with Crippen LogP contribution in [0.25, 0.3) is 0 Å². The quantitative estimate of drug-likeness (QED) is 0.296. The standard InChI is InChI=1S/H3O4P.H2O.Sr.2H/c1-5(2,3)4;;;;/h(H3,1,2,3,4);1H2;;;. The van der Waals surface area contributed by atoms with Crippen LogP contribution in [0.3, 0.4) is 0 Å². The Balaban J connectivity index is -0.0000000800. The van der Waals surface area contributed by atoms with Crippen molar-refractivity contribution in [3.05, 3.63) is 0 Å². The van der Waals surface area contributed by atoms with Crippen molar-refractivity contribution in [2.75, 3.05) is 0 Å². The summed E-state index contributed by atoms with van der Waals surface area (Å²) in [6, 6.07) is 0. The molecule has 0 radical (unpaired) electrons. The number of phosphoric acid groups is 1. The van der Waals surface area contributed by atoms with Gasteiger partial charge in [-0.1, -0.05) is 0 Å². The zero-order valence-corrected chi connectivity index (χ0v) is 3.59. The molecule has 0 aliphatic rings. The van der Waals surface area contributed by atoms with E-state index in [0.29, 0.717) is 0 Å². The SMILES string of the molecule is O.O=P(O)(O)O.[SrH2]. The molecular weight excluding hydrogens is 199 g/mol. The van der Waals surface area contributed by atoms with Crippen LogP contribution in [0.5, 0.6) is 0 Å². The minimum atomic E-state index is -4.64. The van der Waals surface area contributed by atoms with E-state index in [1.807, 2.05) is 0 Å². The van der Waals surface area contributed by atoms with E-state index in [-0.39, 0.29) is 51.0 Å². The zero-order valence-electron chi connectivity index (χ0n) is 2.70. The first kappa shape index (κ1) is 15.8. The Hall–Kier alpha value is 1.55. The van der Waals surface area contributed by atoms with Gasteiger partial charge in [0.1, 0.15) is 0 Å². The van der Waals surface area contributed by atoms with Crippen LogP contribution in [0, 0.1) is 0 Å². The molecule has 0 saturated heterocycles. The number of hydrogen-bond donors (Lipinski definition) is 3. The normalized spacial score (nSPS) is 8.43. The molecule has 0 atom stereocenters. The van der Waals surface area contributed by atoms with Crippen molar-refractivity contribution in [1.29, 1.82) is 0 Å². The van der Waals surface area contributed by atoms with Gasteiger partial charge in [0.25, 0.3) is 0 Å². The van der Waals surface area contributed by atoms with Gasteiger partial charge in [-0.3, -0.25) is 0 Å². The van der Waals surface area contributed by atoms with Crippen LogP contribution in [-0.2, 0) is 4.57 Å². The van der Waals surface area contributed by atoms with Gasteiger partial charge in [-0.05, 0) is 0 Å². The zero-order chi connectivity index (χ0) is 4.50. The maximum absolute atomic E-state index is 8.88. The molecule has 0 aliphatic heterocycles. The third-order valence-electron chi connectivity index (χ3n) is 0. The first-order valence-electron chi connectivity index (χ1n) is 0.783. The van der Waals surface area contributed by atoms with Crippen LogP contribution in [0.4, 0.5) is 0 Å². The van der Waals surface area contributed by atoms with E-state index in [9.17, 15) is 0 Å². The Kier molecular flexibility index (Phi) is 12.8.